The van der Waals surface area contributed by atoms with E-state index in [1.807, 2.05) is 0 Å². The minimum Gasteiger partial charge on any atom is -0.381 e. The molecule has 168 valence electrons. The Bertz CT molecular complexity index is 903. The zero-order valence-electron chi connectivity index (χ0n) is 16.4. The van der Waals surface area contributed by atoms with Crippen LogP contribution in [0.2, 0.25) is 10.3 Å². The molecule has 2 heterocycles. The standard InChI is InChI=1S/C15H24Cl2N14/c16-6-8(18)28-10(20)12(26-6)30(14(22)23)4-2-1-3-5-31(15(24)25)13-11(21)29-9(19)7(17)27-13/h1-5H2,(H3,22,23)(H3,24,25)(H4,18,20,28)(H4,19,21,29). The second kappa shape index (κ2) is 9.99. The molecule has 0 fully saturated rings. The SMILES string of the molecule is N=C(N)N(CCCCCN(C(=N)N)c1nc(Cl)c(N)nc1N)c1nc(Cl)c(N)nc1N. The Kier molecular flexibility index (Phi) is 7.66. The third-order valence-corrected chi connectivity index (χ3v) is 4.68. The Morgan fingerprint density at radius 3 is 1.32 bits per heavy atom. The molecule has 0 aliphatic carbocycles. The lowest BCUT2D eigenvalue weighted by Gasteiger charge is -2.24. The highest BCUT2D eigenvalue weighted by Crippen LogP contribution is 2.26. The van der Waals surface area contributed by atoms with Crippen LogP contribution in [0.15, 0.2) is 0 Å². The van der Waals surface area contributed by atoms with Crippen molar-refractivity contribution in [2.45, 2.75) is 19.3 Å². The zero-order chi connectivity index (χ0) is 23.3. The molecular weight excluding hydrogens is 447 g/mol. The van der Waals surface area contributed by atoms with Crippen molar-refractivity contribution in [3.63, 3.8) is 0 Å². The van der Waals surface area contributed by atoms with Crippen LogP contribution in [0.3, 0.4) is 0 Å². The Balaban J connectivity index is 2.00. The first-order valence-corrected chi connectivity index (χ1v) is 9.68. The summed E-state index contributed by atoms with van der Waals surface area (Å²) in [5.74, 6) is -0.253. The van der Waals surface area contributed by atoms with Gasteiger partial charge in [0, 0.05) is 13.1 Å². The number of hydrogen-bond acceptors (Lipinski definition) is 10. The first kappa shape index (κ1) is 23.8. The fourth-order valence-electron chi connectivity index (χ4n) is 2.66. The van der Waals surface area contributed by atoms with E-state index in [1.54, 1.807) is 0 Å². The molecule has 16 heteroatoms. The molecule has 14 nitrogen and oxygen atoms in total. The lowest BCUT2D eigenvalue weighted by Crippen LogP contribution is -2.39. The van der Waals surface area contributed by atoms with Crippen LogP contribution in [0.4, 0.5) is 34.9 Å². The van der Waals surface area contributed by atoms with Crippen LogP contribution in [0.1, 0.15) is 19.3 Å². The van der Waals surface area contributed by atoms with Crippen molar-refractivity contribution in [1.82, 2.24) is 19.9 Å². The van der Waals surface area contributed by atoms with E-state index < -0.39 is 0 Å². The number of aromatic nitrogens is 4. The van der Waals surface area contributed by atoms with Crippen molar-refractivity contribution >= 4 is 70.0 Å². The molecule has 0 aliphatic rings. The maximum atomic E-state index is 7.79. The molecule has 31 heavy (non-hydrogen) atoms. The van der Waals surface area contributed by atoms with Crippen molar-refractivity contribution in [3.8, 4) is 0 Å². The number of hydrogen-bond donors (Lipinski definition) is 8. The monoisotopic (exact) mass is 470 g/mol. The summed E-state index contributed by atoms with van der Waals surface area (Å²) < 4.78 is 0. The van der Waals surface area contributed by atoms with Gasteiger partial charge in [-0.3, -0.25) is 20.6 Å². The molecule has 2 aromatic rings. The summed E-state index contributed by atoms with van der Waals surface area (Å²) in [5, 5.41) is 15.5. The molecule has 0 saturated heterocycles. The van der Waals surface area contributed by atoms with Gasteiger partial charge in [0.05, 0.1) is 0 Å². The van der Waals surface area contributed by atoms with Gasteiger partial charge in [-0.2, -0.15) is 0 Å². The van der Waals surface area contributed by atoms with Crippen LogP contribution in [0, 0.1) is 10.8 Å². The third kappa shape index (κ3) is 5.76. The topological polar surface area (TPSA) is 262 Å². The van der Waals surface area contributed by atoms with E-state index in [4.69, 9.17) is 68.4 Å². The highest BCUT2D eigenvalue weighted by molar-refractivity contribution is 6.32. The number of nitrogens with one attached hydrogen (secondary N) is 2. The van der Waals surface area contributed by atoms with E-state index >= 15 is 0 Å². The molecular formula is C15H24Cl2N14. The zero-order valence-corrected chi connectivity index (χ0v) is 18.0. The van der Waals surface area contributed by atoms with Gasteiger partial charge in [0.1, 0.15) is 0 Å². The number of halogens is 2. The third-order valence-electron chi connectivity index (χ3n) is 4.13. The van der Waals surface area contributed by atoms with Gasteiger partial charge in [-0.1, -0.05) is 23.2 Å². The molecule has 0 unspecified atom stereocenters. The van der Waals surface area contributed by atoms with E-state index in [-0.39, 0.29) is 57.1 Å². The molecule has 0 bridgehead atoms. The lowest BCUT2D eigenvalue weighted by atomic mass is 10.2. The number of anilines is 6. The Labute approximate surface area is 187 Å². The summed E-state index contributed by atoms with van der Waals surface area (Å²) in [6, 6.07) is 0. The van der Waals surface area contributed by atoms with Crippen LogP contribution >= 0.6 is 23.2 Å². The molecule has 0 spiro atoms. The van der Waals surface area contributed by atoms with E-state index in [9.17, 15) is 0 Å². The van der Waals surface area contributed by atoms with Gasteiger partial charge in [-0.25, -0.2) is 19.9 Å². The predicted molar refractivity (Wildman–Crippen MR) is 124 cm³/mol. The number of unbranched alkanes of at least 4 members (excludes halogenated alkanes) is 2. The second-order valence-electron chi connectivity index (χ2n) is 6.35. The summed E-state index contributed by atoms with van der Waals surface area (Å²) in [6.45, 7) is 0.647. The molecule has 0 aromatic carbocycles. The quantitative estimate of drug-likeness (QED) is 0.145. The van der Waals surface area contributed by atoms with Gasteiger partial charge in [0.25, 0.3) is 0 Å². The van der Waals surface area contributed by atoms with E-state index in [1.165, 1.54) is 9.80 Å². The molecule has 0 atom stereocenters. The Hall–Kier alpha value is -3.52. The van der Waals surface area contributed by atoms with Crippen LogP contribution in [0.25, 0.3) is 0 Å². The number of nitrogens with zero attached hydrogens (tertiary/aromatic N) is 6. The first-order valence-electron chi connectivity index (χ1n) is 8.93. The molecule has 0 saturated carbocycles. The summed E-state index contributed by atoms with van der Waals surface area (Å²) in [7, 11) is 0. The highest BCUT2D eigenvalue weighted by Gasteiger charge is 2.19. The summed E-state index contributed by atoms with van der Waals surface area (Å²) in [4.78, 5) is 18.7. The highest BCUT2D eigenvalue weighted by atomic mass is 35.5. The van der Waals surface area contributed by atoms with Crippen molar-refractivity contribution in [1.29, 1.82) is 10.8 Å². The van der Waals surface area contributed by atoms with Crippen LogP contribution in [-0.2, 0) is 0 Å². The average molecular weight is 471 g/mol. The number of rotatable bonds is 8. The molecule has 0 aliphatic heterocycles. The molecule has 0 radical (unpaired) electrons. The van der Waals surface area contributed by atoms with Crippen LogP contribution < -0.4 is 44.2 Å². The van der Waals surface area contributed by atoms with Gasteiger partial charge in [-0.05, 0) is 19.3 Å². The van der Waals surface area contributed by atoms with Gasteiger partial charge in [0.15, 0.2) is 57.1 Å². The maximum absolute atomic E-state index is 7.79. The fourth-order valence-corrected chi connectivity index (χ4v) is 2.91. The van der Waals surface area contributed by atoms with Crippen molar-refractivity contribution in [2.75, 3.05) is 45.8 Å². The van der Waals surface area contributed by atoms with Crippen LogP contribution in [-0.4, -0.2) is 44.9 Å². The average Bonchev–Trinajstić information content (AvgIpc) is 2.67. The van der Waals surface area contributed by atoms with Crippen molar-refractivity contribution in [2.24, 2.45) is 11.5 Å². The van der Waals surface area contributed by atoms with Gasteiger partial charge in [0.2, 0.25) is 0 Å². The Morgan fingerprint density at radius 1 is 0.645 bits per heavy atom. The minimum atomic E-state index is -0.272. The number of guanidine groups is 2. The van der Waals surface area contributed by atoms with E-state index in [2.05, 4.69) is 19.9 Å². The summed E-state index contributed by atoms with van der Waals surface area (Å²) in [5.41, 5.74) is 34.1. The smallest absolute Gasteiger partial charge is 0.194 e. The normalized spacial score (nSPS) is 10.6. The maximum Gasteiger partial charge on any atom is 0.194 e. The summed E-state index contributed by atoms with van der Waals surface area (Å²) >= 11 is 11.8. The van der Waals surface area contributed by atoms with E-state index in [0.717, 1.165) is 0 Å². The summed E-state index contributed by atoms with van der Waals surface area (Å²) in [6.07, 6.45) is 1.86. The van der Waals surface area contributed by atoms with E-state index in [0.29, 0.717) is 32.4 Å². The Morgan fingerprint density at radius 2 is 1.00 bits per heavy atom. The van der Waals surface area contributed by atoms with Gasteiger partial charge >= 0.3 is 0 Å². The second-order valence-corrected chi connectivity index (χ2v) is 7.07. The lowest BCUT2D eigenvalue weighted by molar-refractivity contribution is 0.681. The van der Waals surface area contributed by atoms with Gasteiger partial charge in [-0.15, -0.1) is 0 Å². The first-order chi connectivity index (χ1) is 14.5. The van der Waals surface area contributed by atoms with Crippen LogP contribution in [0.5, 0.6) is 0 Å². The molecule has 2 aromatic heterocycles. The van der Waals surface area contributed by atoms with Gasteiger partial charge < -0.3 is 34.4 Å². The molecule has 0 amide bonds. The largest absolute Gasteiger partial charge is 0.381 e. The minimum absolute atomic E-state index is 0.00846. The predicted octanol–water partition coefficient (Wildman–Crippen LogP) is 0.172. The molecule has 14 N–H and O–H groups in total. The van der Waals surface area contributed by atoms with Crippen molar-refractivity contribution in [3.05, 3.63) is 10.3 Å². The molecule has 2 rings (SSSR count). The van der Waals surface area contributed by atoms with Crippen molar-refractivity contribution < 1.29 is 0 Å². The number of nitrogens with two attached hydrogens (primary N) is 6. The number of nitrogen functional groups attached to an aromatic ring is 4. The fraction of sp³-hybridized carbons (Fsp3) is 0.333.